The molecule has 3 aromatic heterocycles. The van der Waals surface area contributed by atoms with Crippen molar-refractivity contribution in [3.8, 4) is 11.5 Å². The van der Waals surface area contributed by atoms with E-state index < -0.39 is 14.6 Å². The van der Waals surface area contributed by atoms with Gasteiger partial charge in [0.1, 0.15) is 11.5 Å². The van der Waals surface area contributed by atoms with E-state index in [-0.39, 0.29) is 12.2 Å². The Bertz CT molecular complexity index is 1190. The molecule has 0 radical (unpaired) electrons. The first-order valence-corrected chi connectivity index (χ1v) is 11.8. The molecular weight excluding hydrogens is 392 g/mol. The summed E-state index contributed by atoms with van der Waals surface area (Å²) in [6.45, 7) is 1.54. The number of H-pyrrole nitrogens is 1. The van der Waals surface area contributed by atoms with Crippen molar-refractivity contribution in [1.29, 1.82) is 0 Å². The summed E-state index contributed by atoms with van der Waals surface area (Å²) in [5, 5.41) is 11.8. The average molecular weight is 414 g/mol. The van der Waals surface area contributed by atoms with E-state index >= 15 is 0 Å². The zero-order valence-electron chi connectivity index (χ0n) is 16.1. The van der Waals surface area contributed by atoms with Crippen LogP contribution in [0.5, 0.6) is 0 Å². The summed E-state index contributed by atoms with van der Waals surface area (Å²) >= 11 is 0. The van der Waals surface area contributed by atoms with Crippen LogP contribution in [0, 0.1) is 0 Å². The first-order valence-electron chi connectivity index (χ1n) is 9.94. The van der Waals surface area contributed by atoms with Crippen LogP contribution in [-0.4, -0.2) is 64.8 Å². The lowest BCUT2D eigenvalue weighted by atomic mass is 10.1. The Hall–Kier alpha value is -2.46. The van der Waals surface area contributed by atoms with Crippen molar-refractivity contribution >= 4 is 21.2 Å². The molecule has 0 unspecified atom stereocenters. The van der Waals surface area contributed by atoms with Crippen molar-refractivity contribution in [2.75, 3.05) is 24.2 Å². The number of hydrogen-bond donors (Lipinski definition) is 1. The number of morpholine rings is 1. The van der Waals surface area contributed by atoms with Gasteiger partial charge in [-0.15, -0.1) is 5.10 Å². The van der Waals surface area contributed by atoms with Gasteiger partial charge >= 0.3 is 0 Å². The second-order valence-electron chi connectivity index (χ2n) is 8.39. The molecule has 5 heterocycles. The molecule has 0 spiro atoms. The normalized spacial score (nSPS) is 25.6. The van der Waals surface area contributed by atoms with E-state index in [1.165, 1.54) is 6.26 Å². The SMILES string of the molecule is CS(=O)(=O)C1(c2cc(N3C[C@H]4CC[C@@H](C3)O4)nn3c(-c4ccn[nH]4)ncc23)CC1. The van der Waals surface area contributed by atoms with Crippen molar-refractivity contribution in [3.63, 3.8) is 0 Å². The van der Waals surface area contributed by atoms with Crippen molar-refractivity contribution in [3.05, 3.63) is 30.1 Å². The molecule has 9 nitrogen and oxygen atoms in total. The minimum atomic E-state index is -3.27. The number of nitrogens with zero attached hydrogens (tertiary/aromatic N) is 5. The third-order valence-corrected chi connectivity index (χ3v) is 8.55. The lowest BCUT2D eigenvalue weighted by Crippen LogP contribution is -2.43. The zero-order valence-corrected chi connectivity index (χ0v) is 16.9. The Kier molecular flexibility index (Phi) is 3.47. The topological polar surface area (TPSA) is 105 Å². The molecule has 0 aromatic carbocycles. The molecule has 1 aliphatic carbocycles. The van der Waals surface area contributed by atoms with Crippen LogP contribution in [0.2, 0.25) is 0 Å². The molecule has 2 atom stereocenters. The summed E-state index contributed by atoms with van der Waals surface area (Å²) < 4.78 is 32.3. The Morgan fingerprint density at radius 1 is 1.24 bits per heavy atom. The van der Waals surface area contributed by atoms with E-state index in [2.05, 4.69) is 20.1 Å². The summed E-state index contributed by atoms with van der Waals surface area (Å²) in [4.78, 5) is 6.77. The third kappa shape index (κ3) is 2.55. The highest BCUT2D eigenvalue weighted by molar-refractivity contribution is 7.92. The van der Waals surface area contributed by atoms with E-state index in [0.29, 0.717) is 18.7 Å². The van der Waals surface area contributed by atoms with Gasteiger partial charge in [-0.05, 0) is 37.8 Å². The molecule has 6 rings (SSSR count). The number of ether oxygens (including phenoxy) is 1. The fourth-order valence-corrected chi connectivity index (χ4v) is 6.21. The Morgan fingerprint density at radius 3 is 2.62 bits per heavy atom. The van der Waals surface area contributed by atoms with Crippen LogP contribution in [0.4, 0.5) is 5.82 Å². The maximum absolute atomic E-state index is 12.7. The number of fused-ring (bicyclic) bond motifs is 3. The second-order valence-corrected chi connectivity index (χ2v) is 10.7. The smallest absolute Gasteiger partial charge is 0.179 e. The molecule has 152 valence electrons. The van der Waals surface area contributed by atoms with E-state index in [9.17, 15) is 8.42 Å². The number of aromatic nitrogens is 5. The van der Waals surface area contributed by atoms with Gasteiger partial charge in [0.15, 0.2) is 15.7 Å². The summed E-state index contributed by atoms with van der Waals surface area (Å²) in [5.74, 6) is 1.41. The molecule has 3 fully saturated rings. The number of imidazole rings is 1. The molecule has 2 aliphatic heterocycles. The van der Waals surface area contributed by atoms with E-state index in [0.717, 1.165) is 48.5 Å². The van der Waals surface area contributed by atoms with Gasteiger partial charge in [0, 0.05) is 31.1 Å². The van der Waals surface area contributed by atoms with Crippen LogP contribution in [-0.2, 0) is 19.3 Å². The van der Waals surface area contributed by atoms with Crippen LogP contribution in [0.15, 0.2) is 24.5 Å². The van der Waals surface area contributed by atoms with Crippen LogP contribution in [0.25, 0.3) is 17.0 Å². The van der Waals surface area contributed by atoms with Crippen LogP contribution in [0.3, 0.4) is 0 Å². The lowest BCUT2D eigenvalue weighted by molar-refractivity contribution is 0.0301. The lowest BCUT2D eigenvalue weighted by Gasteiger charge is -2.33. The quantitative estimate of drug-likeness (QED) is 0.690. The van der Waals surface area contributed by atoms with Gasteiger partial charge in [-0.2, -0.15) is 5.10 Å². The molecule has 10 heteroatoms. The fourth-order valence-electron chi connectivity index (χ4n) is 4.80. The summed E-state index contributed by atoms with van der Waals surface area (Å²) in [6.07, 6.45) is 8.53. The fraction of sp³-hybridized carbons (Fsp3) is 0.526. The largest absolute Gasteiger partial charge is 0.371 e. The highest BCUT2D eigenvalue weighted by Gasteiger charge is 2.55. The van der Waals surface area contributed by atoms with Gasteiger partial charge in [0.2, 0.25) is 0 Å². The van der Waals surface area contributed by atoms with E-state index in [1.54, 1.807) is 16.9 Å². The van der Waals surface area contributed by atoms with Gasteiger partial charge in [0.25, 0.3) is 0 Å². The van der Waals surface area contributed by atoms with Crippen molar-refractivity contribution in [2.45, 2.75) is 42.6 Å². The monoisotopic (exact) mass is 414 g/mol. The predicted molar refractivity (Wildman–Crippen MR) is 106 cm³/mol. The van der Waals surface area contributed by atoms with Crippen molar-refractivity contribution < 1.29 is 13.2 Å². The zero-order chi connectivity index (χ0) is 19.8. The molecule has 0 amide bonds. The summed E-state index contributed by atoms with van der Waals surface area (Å²) in [6, 6.07) is 3.80. The number of rotatable bonds is 4. The summed E-state index contributed by atoms with van der Waals surface area (Å²) in [5.41, 5.74) is 2.27. The highest BCUT2D eigenvalue weighted by Crippen LogP contribution is 2.54. The predicted octanol–water partition coefficient (Wildman–Crippen LogP) is 1.52. The highest BCUT2D eigenvalue weighted by atomic mass is 32.2. The maximum Gasteiger partial charge on any atom is 0.179 e. The Labute approximate surface area is 168 Å². The molecule has 2 saturated heterocycles. The first kappa shape index (κ1) is 17.4. The molecular formula is C19H22N6O3S. The standard InChI is InChI=1S/C19H22N6O3S/c1-29(26,27)19(5-6-19)14-8-17(24-10-12-2-3-13(11-24)28-12)23-25-16(14)9-20-18(25)15-4-7-21-22-15/h4,7-9,12-13H,2-3,5-6,10-11H2,1H3,(H,21,22)/t12-,13+. The maximum atomic E-state index is 12.7. The number of sulfone groups is 1. The number of hydrogen-bond acceptors (Lipinski definition) is 7. The van der Waals surface area contributed by atoms with Crippen LogP contribution >= 0.6 is 0 Å². The van der Waals surface area contributed by atoms with Crippen molar-refractivity contribution in [2.24, 2.45) is 0 Å². The average Bonchev–Trinajstić information content (AvgIpc) is 3.01. The Morgan fingerprint density at radius 2 is 2.00 bits per heavy atom. The van der Waals surface area contributed by atoms with Crippen LogP contribution < -0.4 is 4.90 Å². The van der Waals surface area contributed by atoms with Crippen molar-refractivity contribution in [1.82, 2.24) is 24.8 Å². The minimum Gasteiger partial charge on any atom is -0.371 e. The molecule has 1 saturated carbocycles. The first-order chi connectivity index (χ1) is 13.9. The summed E-state index contributed by atoms with van der Waals surface area (Å²) in [7, 11) is -3.27. The molecule has 2 bridgehead atoms. The third-order valence-electron chi connectivity index (χ3n) is 6.50. The van der Waals surface area contributed by atoms with Gasteiger partial charge in [-0.3, -0.25) is 5.10 Å². The molecule has 1 N–H and O–H groups in total. The van der Waals surface area contributed by atoms with E-state index in [1.807, 2.05) is 12.1 Å². The molecule has 3 aromatic rings. The van der Waals surface area contributed by atoms with Gasteiger partial charge < -0.3 is 9.64 Å². The molecule has 29 heavy (non-hydrogen) atoms. The number of nitrogens with one attached hydrogen (secondary N) is 1. The van der Waals surface area contributed by atoms with Gasteiger partial charge in [0.05, 0.1) is 28.7 Å². The Balaban J connectivity index is 1.56. The number of anilines is 1. The van der Waals surface area contributed by atoms with Gasteiger partial charge in [-0.1, -0.05) is 0 Å². The van der Waals surface area contributed by atoms with Crippen LogP contribution in [0.1, 0.15) is 31.2 Å². The second kappa shape index (κ2) is 5.79. The van der Waals surface area contributed by atoms with E-state index in [4.69, 9.17) is 9.84 Å². The van der Waals surface area contributed by atoms with Gasteiger partial charge in [-0.25, -0.2) is 17.9 Å². The minimum absolute atomic E-state index is 0.217. The molecule has 3 aliphatic rings. The number of aromatic amines is 1.